The summed E-state index contributed by atoms with van der Waals surface area (Å²) in [5.74, 6) is -1.23. The van der Waals surface area contributed by atoms with E-state index in [2.05, 4.69) is 0 Å². The summed E-state index contributed by atoms with van der Waals surface area (Å²) in [5, 5.41) is 1.29. The van der Waals surface area contributed by atoms with Gasteiger partial charge in [0.1, 0.15) is 11.6 Å². The average molecular weight is 751 g/mol. The molecule has 4 aromatic carbocycles. The van der Waals surface area contributed by atoms with Crippen molar-refractivity contribution in [3.05, 3.63) is 134 Å². The fourth-order valence-corrected chi connectivity index (χ4v) is 7.46. The number of anilines is 3. The van der Waals surface area contributed by atoms with E-state index in [4.69, 9.17) is 46.4 Å². The van der Waals surface area contributed by atoms with E-state index < -0.39 is 31.9 Å². The molecular formula is C32H23Cl4N3O6S2. The molecule has 242 valence electrons. The molecule has 6 rings (SSSR count). The van der Waals surface area contributed by atoms with Gasteiger partial charge in [-0.05, 0) is 60.7 Å². The highest BCUT2D eigenvalue weighted by Crippen LogP contribution is 2.49. The highest BCUT2D eigenvalue weighted by Gasteiger charge is 2.35. The molecule has 2 N–H and O–H groups in total. The summed E-state index contributed by atoms with van der Waals surface area (Å²) in [5.41, 5.74) is 3.36. The summed E-state index contributed by atoms with van der Waals surface area (Å²) in [6, 6.07) is 24.4. The molecule has 0 atom stereocenters. The third-order valence-electron chi connectivity index (χ3n) is 7.36. The van der Waals surface area contributed by atoms with Crippen LogP contribution in [0.3, 0.4) is 0 Å². The molecule has 47 heavy (non-hydrogen) atoms. The highest BCUT2D eigenvalue weighted by molar-refractivity contribution is 7.85. The molecule has 0 saturated heterocycles. The lowest BCUT2D eigenvalue weighted by atomic mass is 10.1. The zero-order valence-electron chi connectivity index (χ0n) is 23.9. The summed E-state index contributed by atoms with van der Waals surface area (Å²) >= 11 is 25.5. The number of nitrogens with zero attached hydrogens (tertiary/aromatic N) is 3. The van der Waals surface area contributed by atoms with Gasteiger partial charge in [-0.25, -0.2) is 0 Å². The Morgan fingerprint density at radius 2 is 1.23 bits per heavy atom. The van der Waals surface area contributed by atoms with Gasteiger partial charge in [0.2, 0.25) is 0 Å². The Morgan fingerprint density at radius 3 is 1.83 bits per heavy atom. The summed E-state index contributed by atoms with van der Waals surface area (Å²) in [4.78, 5) is 3.12. The van der Waals surface area contributed by atoms with Crippen molar-refractivity contribution in [3.63, 3.8) is 0 Å². The van der Waals surface area contributed by atoms with E-state index in [1.807, 2.05) is 60.7 Å². The molecule has 9 nitrogen and oxygen atoms in total. The first-order chi connectivity index (χ1) is 22.2. The minimum Gasteiger partial charge on any atom is -0.309 e. The second-order valence-electron chi connectivity index (χ2n) is 10.5. The van der Waals surface area contributed by atoms with Crippen molar-refractivity contribution in [2.75, 3.05) is 15.7 Å². The Labute approximate surface area is 290 Å². The Balaban J connectivity index is 1.61. The summed E-state index contributed by atoms with van der Waals surface area (Å²) in [6.07, 6.45) is 4.83. The second kappa shape index (κ2) is 12.8. The van der Waals surface area contributed by atoms with Crippen LogP contribution in [0.4, 0.5) is 17.1 Å². The maximum atomic E-state index is 12.3. The summed E-state index contributed by atoms with van der Waals surface area (Å²) in [7, 11) is -9.07. The van der Waals surface area contributed by atoms with Gasteiger partial charge in [0, 0.05) is 22.3 Å². The number of para-hydroxylation sites is 2. The van der Waals surface area contributed by atoms with Crippen LogP contribution in [0.1, 0.15) is 11.3 Å². The minimum atomic E-state index is -4.55. The van der Waals surface area contributed by atoms with Crippen LogP contribution in [0.15, 0.2) is 103 Å². The maximum absolute atomic E-state index is 12.3. The van der Waals surface area contributed by atoms with Gasteiger partial charge in [-0.3, -0.25) is 14.0 Å². The topological polar surface area (TPSA) is 120 Å². The molecule has 2 heterocycles. The normalized spacial score (nSPS) is 14.6. The third-order valence-corrected chi connectivity index (χ3v) is 10.0. The molecule has 0 aliphatic carbocycles. The molecule has 0 saturated carbocycles. The number of rotatable bonds is 8. The standard InChI is InChI=1S/C32H23Cl4N3O6S2/c33-24-14-22-23(18-46(40,41)42)28(38(29(22)15-25(24)34)20-8-3-1-4-9-20)12-7-13-32-37(19-47(43,44)45)30-16-26(35)27(36)17-31(30)39(32)21-10-5-2-6-11-21/h1-17H,18-19H2,(H,40,41,42)(H,43,44,45)/b12-7+,32-13+. The molecule has 1 aromatic heterocycles. The quantitative estimate of drug-likeness (QED) is 0.151. The van der Waals surface area contributed by atoms with Gasteiger partial charge in [0.25, 0.3) is 20.2 Å². The molecule has 0 spiro atoms. The van der Waals surface area contributed by atoms with E-state index in [0.717, 1.165) is 0 Å². The van der Waals surface area contributed by atoms with Crippen molar-refractivity contribution < 1.29 is 25.9 Å². The smallest absolute Gasteiger partial charge is 0.283 e. The number of aromatic nitrogens is 1. The highest BCUT2D eigenvalue weighted by atomic mass is 35.5. The Hall–Kier alpha value is -3.52. The zero-order valence-corrected chi connectivity index (χ0v) is 28.6. The van der Waals surface area contributed by atoms with Crippen LogP contribution in [0.25, 0.3) is 22.7 Å². The van der Waals surface area contributed by atoms with Crippen LogP contribution in [-0.4, -0.2) is 36.4 Å². The van der Waals surface area contributed by atoms with Crippen molar-refractivity contribution >= 4 is 101 Å². The predicted octanol–water partition coefficient (Wildman–Crippen LogP) is 8.99. The Bertz CT molecular complexity index is 2310. The molecule has 0 fully saturated rings. The first-order valence-corrected chi connectivity index (χ1v) is 18.4. The minimum absolute atomic E-state index is 0.176. The Kier molecular flexibility index (Phi) is 9.11. The molecule has 1 aliphatic heterocycles. The van der Waals surface area contributed by atoms with Gasteiger partial charge in [0.05, 0.1) is 42.7 Å². The number of allylic oxidation sites excluding steroid dienone is 2. The molecule has 1 aliphatic rings. The molecular weight excluding hydrogens is 728 g/mol. The second-order valence-corrected chi connectivity index (χ2v) is 15.0. The van der Waals surface area contributed by atoms with Crippen molar-refractivity contribution in [3.8, 4) is 5.69 Å². The summed E-state index contributed by atoms with van der Waals surface area (Å²) < 4.78 is 70.7. The lowest BCUT2D eigenvalue weighted by molar-refractivity contribution is 0.480. The van der Waals surface area contributed by atoms with Crippen molar-refractivity contribution in [1.29, 1.82) is 0 Å². The molecule has 0 unspecified atom stereocenters. The first kappa shape index (κ1) is 33.4. The van der Waals surface area contributed by atoms with Gasteiger partial charge in [-0.15, -0.1) is 0 Å². The van der Waals surface area contributed by atoms with Crippen LogP contribution < -0.4 is 9.80 Å². The van der Waals surface area contributed by atoms with Crippen molar-refractivity contribution in [1.82, 2.24) is 4.57 Å². The van der Waals surface area contributed by atoms with Gasteiger partial charge in [-0.2, -0.15) is 16.8 Å². The van der Waals surface area contributed by atoms with Crippen LogP contribution in [-0.2, 0) is 26.0 Å². The molecule has 15 heteroatoms. The monoisotopic (exact) mass is 749 g/mol. The average Bonchev–Trinajstić information content (AvgIpc) is 3.43. The SMILES string of the molecule is O=S(=O)(O)Cc1c(/C=C/C=C2\N(CS(=O)(=O)O)c3cc(Cl)c(Cl)cc3N2c2ccccc2)n(-c2ccccc2)c2cc(Cl)c(Cl)cc12. The number of benzene rings is 4. The van der Waals surface area contributed by atoms with E-state index in [-0.39, 0.29) is 25.7 Å². The lowest BCUT2D eigenvalue weighted by Gasteiger charge is -2.24. The van der Waals surface area contributed by atoms with Crippen molar-refractivity contribution in [2.45, 2.75) is 5.75 Å². The van der Waals surface area contributed by atoms with E-state index in [1.54, 1.807) is 45.9 Å². The van der Waals surface area contributed by atoms with Crippen molar-refractivity contribution in [2.24, 2.45) is 0 Å². The van der Waals surface area contributed by atoms with E-state index in [1.165, 1.54) is 11.0 Å². The Morgan fingerprint density at radius 1 is 0.681 bits per heavy atom. The van der Waals surface area contributed by atoms with Gasteiger partial charge < -0.3 is 9.47 Å². The third kappa shape index (κ3) is 6.89. The lowest BCUT2D eigenvalue weighted by Crippen LogP contribution is -2.30. The van der Waals surface area contributed by atoms with Crippen LogP contribution in [0, 0.1) is 0 Å². The number of halogens is 4. The molecule has 5 aromatic rings. The zero-order chi connectivity index (χ0) is 33.7. The number of hydrogen-bond acceptors (Lipinski definition) is 6. The molecule has 0 radical (unpaired) electrons. The fraction of sp³-hybridized carbons (Fsp3) is 0.0625. The predicted molar refractivity (Wildman–Crippen MR) is 190 cm³/mol. The number of fused-ring (bicyclic) bond motifs is 2. The van der Waals surface area contributed by atoms with Gasteiger partial charge in [-0.1, -0.05) is 88.9 Å². The fourth-order valence-electron chi connectivity index (χ4n) is 5.56. The maximum Gasteiger partial charge on any atom is 0.283 e. The van der Waals surface area contributed by atoms with E-state index in [0.29, 0.717) is 45.2 Å². The van der Waals surface area contributed by atoms with Gasteiger partial charge >= 0.3 is 0 Å². The van der Waals surface area contributed by atoms with E-state index in [9.17, 15) is 25.9 Å². The largest absolute Gasteiger partial charge is 0.309 e. The molecule has 0 bridgehead atoms. The first-order valence-electron chi connectivity index (χ1n) is 13.7. The summed E-state index contributed by atoms with van der Waals surface area (Å²) in [6.45, 7) is 0. The van der Waals surface area contributed by atoms with Crippen LogP contribution >= 0.6 is 46.4 Å². The van der Waals surface area contributed by atoms with Gasteiger partial charge in [0.15, 0.2) is 5.88 Å². The van der Waals surface area contributed by atoms with E-state index >= 15 is 0 Å². The number of hydrogen-bond donors (Lipinski definition) is 2. The van der Waals surface area contributed by atoms with Crippen LogP contribution in [0.5, 0.6) is 0 Å². The molecule has 0 amide bonds. The van der Waals surface area contributed by atoms with Crippen LogP contribution in [0.2, 0.25) is 20.1 Å².